The molecular weight excluding hydrogens is 252 g/mol. The van der Waals surface area contributed by atoms with Crippen LogP contribution in [0.1, 0.15) is 11.4 Å². The Morgan fingerprint density at radius 2 is 1.80 bits per heavy atom. The Kier molecular flexibility index (Phi) is 3.41. The highest BCUT2D eigenvalue weighted by atomic mass is 16.5. The van der Waals surface area contributed by atoms with Crippen LogP contribution >= 0.6 is 0 Å². The summed E-state index contributed by atoms with van der Waals surface area (Å²) in [5.41, 5.74) is 3.07. The van der Waals surface area contributed by atoms with Crippen LogP contribution in [0, 0.1) is 0 Å². The molecule has 0 spiro atoms. The zero-order valence-corrected chi connectivity index (χ0v) is 11.1. The third-order valence-corrected chi connectivity index (χ3v) is 3.00. The van der Waals surface area contributed by atoms with Crippen LogP contribution in [0.3, 0.4) is 0 Å². The van der Waals surface area contributed by atoms with Crippen molar-refractivity contribution in [2.24, 2.45) is 0 Å². The first-order valence-electron chi connectivity index (χ1n) is 6.35. The van der Waals surface area contributed by atoms with Gasteiger partial charge in [0.1, 0.15) is 0 Å². The van der Waals surface area contributed by atoms with Crippen LogP contribution in [0.4, 0.5) is 5.69 Å². The Labute approximate surface area is 116 Å². The van der Waals surface area contributed by atoms with Gasteiger partial charge in [0.05, 0.1) is 0 Å². The highest BCUT2D eigenvalue weighted by molar-refractivity contribution is 5.58. The van der Waals surface area contributed by atoms with Crippen LogP contribution in [0.5, 0.6) is 0 Å². The number of nitrogens with one attached hydrogen (secondary N) is 1. The van der Waals surface area contributed by atoms with Gasteiger partial charge in [0, 0.05) is 37.1 Å². The van der Waals surface area contributed by atoms with Crippen molar-refractivity contribution >= 4 is 5.69 Å². The third-order valence-electron chi connectivity index (χ3n) is 3.00. The molecule has 0 saturated carbocycles. The van der Waals surface area contributed by atoms with Crippen molar-refractivity contribution < 1.29 is 4.52 Å². The number of nitrogens with zero attached hydrogens (tertiary/aromatic N) is 3. The number of hydrogen-bond donors (Lipinski definition) is 1. The number of anilines is 1. The average Bonchev–Trinajstić information content (AvgIpc) is 2.97. The summed E-state index contributed by atoms with van der Waals surface area (Å²) < 4.78 is 5.30. The highest BCUT2D eigenvalue weighted by Gasteiger charge is 2.09. The van der Waals surface area contributed by atoms with Gasteiger partial charge in [-0.05, 0) is 42.0 Å². The van der Waals surface area contributed by atoms with E-state index in [1.807, 2.05) is 43.4 Å². The van der Waals surface area contributed by atoms with Crippen molar-refractivity contribution in [3.8, 4) is 11.5 Å². The van der Waals surface area contributed by atoms with Gasteiger partial charge in [-0.2, -0.15) is 4.98 Å². The molecule has 0 aliphatic heterocycles. The van der Waals surface area contributed by atoms with Crippen molar-refractivity contribution in [2.45, 2.75) is 6.42 Å². The van der Waals surface area contributed by atoms with E-state index in [0.717, 1.165) is 16.8 Å². The lowest BCUT2D eigenvalue weighted by Crippen LogP contribution is -1.91. The van der Waals surface area contributed by atoms with E-state index < -0.39 is 0 Å². The van der Waals surface area contributed by atoms with E-state index in [2.05, 4.69) is 20.4 Å². The van der Waals surface area contributed by atoms with Gasteiger partial charge in [-0.25, -0.2) is 0 Å². The molecule has 0 radical (unpaired) electrons. The van der Waals surface area contributed by atoms with E-state index in [4.69, 9.17) is 4.52 Å². The first-order chi connectivity index (χ1) is 9.85. The summed E-state index contributed by atoms with van der Waals surface area (Å²) >= 11 is 0. The lowest BCUT2D eigenvalue weighted by Gasteiger charge is -1.99. The fraction of sp³-hybridized carbons (Fsp3) is 0.133. The number of pyridine rings is 1. The molecule has 0 aliphatic carbocycles. The Morgan fingerprint density at radius 1 is 1.05 bits per heavy atom. The predicted molar refractivity (Wildman–Crippen MR) is 76.3 cm³/mol. The maximum Gasteiger partial charge on any atom is 0.257 e. The van der Waals surface area contributed by atoms with Crippen molar-refractivity contribution in [3.05, 3.63) is 60.2 Å². The topological polar surface area (TPSA) is 63.8 Å². The van der Waals surface area contributed by atoms with Gasteiger partial charge in [0.25, 0.3) is 5.89 Å². The SMILES string of the molecule is CNc1ccc(-c2nc(Cc3ccncc3)no2)cc1. The molecule has 1 N–H and O–H groups in total. The second kappa shape index (κ2) is 5.52. The molecule has 0 aliphatic rings. The number of aromatic nitrogens is 3. The zero-order valence-electron chi connectivity index (χ0n) is 11.1. The van der Waals surface area contributed by atoms with Crippen molar-refractivity contribution in [2.75, 3.05) is 12.4 Å². The highest BCUT2D eigenvalue weighted by Crippen LogP contribution is 2.20. The van der Waals surface area contributed by atoms with E-state index in [1.165, 1.54) is 0 Å². The average molecular weight is 266 g/mol. The molecule has 0 amide bonds. The van der Waals surface area contributed by atoms with Crippen molar-refractivity contribution in [1.29, 1.82) is 0 Å². The second-order valence-corrected chi connectivity index (χ2v) is 4.38. The molecule has 5 nitrogen and oxygen atoms in total. The first kappa shape index (κ1) is 12.3. The zero-order chi connectivity index (χ0) is 13.8. The van der Waals surface area contributed by atoms with Crippen LogP contribution in [-0.2, 0) is 6.42 Å². The van der Waals surface area contributed by atoms with Gasteiger partial charge in [-0.15, -0.1) is 0 Å². The largest absolute Gasteiger partial charge is 0.388 e. The number of hydrogen-bond acceptors (Lipinski definition) is 5. The summed E-state index contributed by atoms with van der Waals surface area (Å²) in [6.45, 7) is 0. The number of rotatable bonds is 4. The van der Waals surface area contributed by atoms with E-state index in [1.54, 1.807) is 12.4 Å². The monoisotopic (exact) mass is 266 g/mol. The van der Waals surface area contributed by atoms with Gasteiger partial charge < -0.3 is 9.84 Å². The molecule has 0 bridgehead atoms. The Hall–Kier alpha value is -2.69. The molecule has 100 valence electrons. The lowest BCUT2D eigenvalue weighted by molar-refractivity contribution is 0.424. The summed E-state index contributed by atoms with van der Waals surface area (Å²) in [7, 11) is 1.88. The molecule has 0 fully saturated rings. The molecule has 5 heteroatoms. The molecule has 3 rings (SSSR count). The minimum atomic E-state index is 0.539. The molecular formula is C15H14N4O. The van der Waals surface area contributed by atoms with E-state index >= 15 is 0 Å². The fourth-order valence-electron chi connectivity index (χ4n) is 1.91. The maximum atomic E-state index is 5.30. The molecule has 20 heavy (non-hydrogen) atoms. The van der Waals surface area contributed by atoms with Crippen LogP contribution in [-0.4, -0.2) is 22.2 Å². The summed E-state index contributed by atoms with van der Waals surface area (Å²) in [5.74, 6) is 1.21. The summed E-state index contributed by atoms with van der Waals surface area (Å²) in [5, 5.41) is 7.08. The molecule has 2 aromatic heterocycles. The molecule has 0 unspecified atom stereocenters. The third kappa shape index (κ3) is 2.66. The quantitative estimate of drug-likeness (QED) is 0.786. The van der Waals surface area contributed by atoms with Crippen LogP contribution in [0.15, 0.2) is 53.3 Å². The summed E-state index contributed by atoms with van der Waals surface area (Å²) in [6, 6.07) is 11.7. The summed E-state index contributed by atoms with van der Waals surface area (Å²) in [4.78, 5) is 8.40. The summed E-state index contributed by atoms with van der Waals surface area (Å²) in [6.07, 6.45) is 4.15. The van der Waals surface area contributed by atoms with Gasteiger partial charge in [0.2, 0.25) is 0 Å². The van der Waals surface area contributed by atoms with Crippen molar-refractivity contribution in [1.82, 2.24) is 15.1 Å². The van der Waals surface area contributed by atoms with E-state index in [9.17, 15) is 0 Å². The van der Waals surface area contributed by atoms with Crippen LogP contribution < -0.4 is 5.32 Å². The lowest BCUT2D eigenvalue weighted by atomic mass is 10.2. The fourth-order valence-corrected chi connectivity index (χ4v) is 1.91. The maximum absolute atomic E-state index is 5.30. The first-order valence-corrected chi connectivity index (χ1v) is 6.35. The van der Waals surface area contributed by atoms with Crippen LogP contribution in [0.2, 0.25) is 0 Å². The van der Waals surface area contributed by atoms with Gasteiger partial charge in [-0.1, -0.05) is 5.16 Å². The molecule has 1 aromatic carbocycles. The Balaban J connectivity index is 1.79. The molecule has 0 atom stereocenters. The van der Waals surface area contributed by atoms with Crippen LogP contribution in [0.25, 0.3) is 11.5 Å². The molecule has 2 heterocycles. The molecule has 0 saturated heterocycles. The second-order valence-electron chi connectivity index (χ2n) is 4.38. The predicted octanol–water partition coefficient (Wildman–Crippen LogP) is 2.76. The Bertz CT molecular complexity index is 677. The van der Waals surface area contributed by atoms with Crippen molar-refractivity contribution in [3.63, 3.8) is 0 Å². The normalized spacial score (nSPS) is 10.4. The standard InChI is InChI=1S/C15H14N4O/c1-16-13-4-2-12(3-5-13)15-18-14(19-20-15)10-11-6-8-17-9-7-11/h2-9,16H,10H2,1H3. The van der Waals surface area contributed by atoms with Gasteiger partial charge in [0.15, 0.2) is 5.82 Å². The minimum Gasteiger partial charge on any atom is -0.388 e. The minimum absolute atomic E-state index is 0.539. The van der Waals surface area contributed by atoms with Gasteiger partial charge >= 0.3 is 0 Å². The smallest absolute Gasteiger partial charge is 0.257 e. The van der Waals surface area contributed by atoms with Gasteiger partial charge in [-0.3, -0.25) is 4.98 Å². The van der Waals surface area contributed by atoms with E-state index in [0.29, 0.717) is 18.1 Å². The number of benzene rings is 1. The van der Waals surface area contributed by atoms with E-state index in [-0.39, 0.29) is 0 Å². The molecule has 3 aromatic rings. The Morgan fingerprint density at radius 3 is 2.50 bits per heavy atom.